The van der Waals surface area contributed by atoms with Gasteiger partial charge in [-0.25, -0.2) is 18.7 Å². The Labute approximate surface area is 179 Å². The molecule has 0 bridgehead atoms. The van der Waals surface area contributed by atoms with Gasteiger partial charge < -0.3 is 15.1 Å². The predicted octanol–water partition coefficient (Wildman–Crippen LogP) is 2.41. The molecule has 31 heavy (non-hydrogen) atoms. The lowest BCUT2D eigenvalue weighted by Gasteiger charge is -2.36. The lowest BCUT2D eigenvalue weighted by molar-refractivity contribution is 0.0522. The molecule has 1 saturated heterocycles. The van der Waals surface area contributed by atoms with Crippen LogP contribution in [0.5, 0.6) is 0 Å². The van der Waals surface area contributed by atoms with E-state index in [4.69, 9.17) is 0 Å². The van der Waals surface area contributed by atoms with E-state index in [0.29, 0.717) is 37.2 Å². The van der Waals surface area contributed by atoms with Gasteiger partial charge in [-0.3, -0.25) is 4.68 Å². The third-order valence-electron chi connectivity index (χ3n) is 5.69. The molecule has 1 aromatic carbocycles. The van der Waals surface area contributed by atoms with E-state index >= 15 is 0 Å². The van der Waals surface area contributed by atoms with Gasteiger partial charge in [0.1, 0.15) is 11.5 Å². The van der Waals surface area contributed by atoms with Gasteiger partial charge in [0.15, 0.2) is 17.5 Å². The van der Waals surface area contributed by atoms with Gasteiger partial charge in [0.2, 0.25) is 0 Å². The van der Waals surface area contributed by atoms with Crippen LogP contribution in [-0.4, -0.2) is 55.8 Å². The highest BCUT2D eigenvalue weighted by Gasteiger charge is 2.29. The Morgan fingerprint density at radius 2 is 2.00 bits per heavy atom. The number of piperidine rings is 1. The molecular weight excluding hydrogens is 404 g/mol. The van der Waals surface area contributed by atoms with Gasteiger partial charge in [-0.1, -0.05) is 25.1 Å². The normalized spacial score (nSPS) is 19.1. The van der Waals surface area contributed by atoms with Gasteiger partial charge in [-0.15, -0.1) is 0 Å². The summed E-state index contributed by atoms with van der Waals surface area (Å²) in [4.78, 5) is 10.2. The van der Waals surface area contributed by atoms with E-state index < -0.39 is 11.9 Å². The van der Waals surface area contributed by atoms with E-state index in [-0.39, 0.29) is 36.5 Å². The van der Waals surface area contributed by atoms with Crippen LogP contribution in [0.3, 0.4) is 0 Å². The molecule has 0 saturated carbocycles. The van der Waals surface area contributed by atoms with E-state index in [1.807, 2.05) is 13.0 Å². The van der Waals surface area contributed by atoms with Gasteiger partial charge in [-0.2, -0.15) is 5.10 Å². The van der Waals surface area contributed by atoms with Crippen LogP contribution in [0.25, 0.3) is 11.5 Å². The molecule has 1 aliphatic heterocycles. The number of nitrogens with zero attached hydrogens (tertiary/aromatic N) is 5. The van der Waals surface area contributed by atoms with Gasteiger partial charge in [-0.05, 0) is 25.0 Å². The molecule has 2 unspecified atom stereocenters. The van der Waals surface area contributed by atoms with Gasteiger partial charge >= 0.3 is 0 Å². The number of hydrogen-bond acceptors (Lipinski definition) is 6. The fraction of sp³-hybridized carbons (Fsp3) is 0.409. The quantitative estimate of drug-likeness (QED) is 0.626. The maximum atomic E-state index is 14.5. The minimum absolute atomic E-state index is 0.122. The number of aryl methyl sites for hydroxylation is 1. The van der Waals surface area contributed by atoms with E-state index in [0.717, 1.165) is 11.9 Å². The second kappa shape index (κ2) is 9.07. The summed E-state index contributed by atoms with van der Waals surface area (Å²) in [6, 6.07) is 8.37. The van der Waals surface area contributed by atoms with Crippen LogP contribution in [0.1, 0.15) is 24.6 Å². The molecule has 0 spiro atoms. The molecule has 0 amide bonds. The molecular formula is C22H25F2N5O2. The van der Waals surface area contributed by atoms with Gasteiger partial charge in [0, 0.05) is 30.3 Å². The van der Waals surface area contributed by atoms with E-state index in [1.165, 1.54) is 6.07 Å². The van der Waals surface area contributed by atoms with Crippen molar-refractivity contribution in [1.29, 1.82) is 0 Å². The minimum Gasteiger partial charge on any atom is -0.396 e. The van der Waals surface area contributed by atoms with Crippen molar-refractivity contribution in [3.8, 4) is 11.5 Å². The molecule has 2 aromatic heterocycles. The summed E-state index contributed by atoms with van der Waals surface area (Å²) in [6.07, 6.45) is 1.59. The molecule has 1 aliphatic rings. The largest absolute Gasteiger partial charge is 0.396 e. The molecule has 9 heteroatoms. The van der Waals surface area contributed by atoms with Crippen molar-refractivity contribution < 1.29 is 19.0 Å². The smallest absolute Gasteiger partial charge is 0.183 e. The van der Waals surface area contributed by atoms with Crippen molar-refractivity contribution in [3.63, 3.8) is 0 Å². The molecule has 3 heterocycles. The summed E-state index contributed by atoms with van der Waals surface area (Å²) < 4.78 is 30.3. The number of hydrogen-bond donors (Lipinski definition) is 2. The number of benzene rings is 1. The average molecular weight is 429 g/mol. The first-order chi connectivity index (χ1) is 15.0. The zero-order valence-electron chi connectivity index (χ0n) is 17.2. The van der Waals surface area contributed by atoms with Crippen molar-refractivity contribution in [1.82, 2.24) is 19.7 Å². The van der Waals surface area contributed by atoms with Crippen LogP contribution < -0.4 is 4.90 Å². The van der Waals surface area contributed by atoms with E-state index in [9.17, 15) is 19.0 Å². The average Bonchev–Trinajstić information content (AvgIpc) is 3.19. The Morgan fingerprint density at radius 1 is 1.19 bits per heavy atom. The van der Waals surface area contributed by atoms with Crippen LogP contribution in [0.2, 0.25) is 0 Å². The second-order valence-electron chi connectivity index (χ2n) is 7.73. The maximum absolute atomic E-state index is 14.5. The Hall–Kier alpha value is -2.91. The summed E-state index contributed by atoms with van der Waals surface area (Å²) in [5.41, 5.74) is 1.88. The Bertz CT molecular complexity index is 1060. The molecule has 2 N–H and O–H groups in total. The number of aliphatic hydroxyl groups excluding tert-OH is 2. The number of halogens is 2. The topological polar surface area (TPSA) is 87.3 Å². The first-order valence-electron chi connectivity index (χ1n) is 10.4. The van der Waals surface area contributed by atoms with Crippen molar-refractivity contribution in [3.05, 3.63) is 59.4 Å². The zero-order chi connectivity index (χ0) is 22.0. The Morgan fingerprint density at radius 3 is 2.74 bits per heavy atom. The Kier molecular flexibility index (Phi) is 6.24. The lowest BCUT2D eigenvalue weighted by Crippen LogP contribution is -2.45. The summed E-state index contributed by atoms with van der Waals surface area (Å²) in [7, 11) is 0. The summed E-state index contributed by atoms with van der Waals surface area (Å²) in [5, 5.41) is 24.0. The highest BCUT2D eigenvalue weighted by molar-refractivity contribution is 5.54. The molecule has 164 valence electrons. The standard InChI is InChI=1S/C22H25F2N5O2/c1-2-16-9-19(27-29(16)12-14-5-3-4-6-17(14)23)21-25-10-18(24)22(26-21)28-8-7-20(31)15(11-28)13-30/h3-6,9-10,15,20,30-31H,2,7-8,11-13H2,1H3. The number of aliphatic hydroxyl groups is 2. The van der Waals surface area contributed by atoms with Gasteiger partial charge in [0.25, 0.3) is 0 Å². The summed E-state index contributed by atoms with van der Waals surface area (Å²) in [5.74, 6) is -0.841. The molecule has 4 rings (SSSR count). The predicted molar refractivity (Wildman–Crippen MR) is 112 cm³/mol. The highest BCUT2D eigenvalue weighted by atomic mass is 19.1. The van der Waals surface area contributed by atoms with Crippen LogP contribution in [-0.2, 0) is 13.0 Å². The van der Waals surface area contributed by atoms with Crippen LogP contribution >= 0.6 is 0 Å². The van der Waals surface area contributed by atoms with Crippen LogP contribution in [0.15, 0.2) is 36.5 Å². The lowest BCUT2D eigenvalue weighted by atomic mass is 9.95. The maximum Gasteiger partial charge on any atom is 0.183 e. The van der Waals surface area contributed by atoms with Crippen molar-refractivity contribution in [2.45, 2.75) is 32.4 Å². The number of anilines is 1. The fourth-order valence-corrected chi connectivity index (χ4v) is 3.87. The van der Waals surface area contributed by atoms with Crippen LogP contribution in [0.4, 0.5) is 14.6 Å². The molecule has 7 nitrogen and oxygen atoms in total. The van der Waals surface area contributed by atoms with Crippen LogP contribution in [0, 0.1) is 17.6 Å². The minimum atomic E-state index is -0.619. The third kappa shape index (κ3) is 4.42. The van der Waals surface area contributed by atoms with Crippen molar-refractivity contribution >= 4 is 5.82 Å². The summed E-state index contributed by atoms with van der Waals surface area (Å²) >= 11 is 0. The van der Waals surface area contributed by atoms with Crippen molar-refractivity contribution in [2.75, 3.05) is 24.6 Å². The Balaban J connectivity index is 1.64. The molecule has 1 fully saturated rings. The SMILES string of the molecule is CCc1cc(-c2ncc(F)c(N3CCC(O)C(CO)C3)n2)nn1Cc1ccccc1F. The number of rotatable bonds is 6. The van der Waals surface area contributed by atoms with Crippen molar-refractivity contribution in [2.24, 2.45) is 5.92 Å². The second-order valence-corrected chi connectivity index (χ2v) is 7.73. The van der Waals surface area contributed by atoms with E-state index in [2.05, 4.69) is 15.1 Å². The molecule has 2 atom stereocenters. The third-order valence-corrected chi connectivity index (χ3v) is 5.69. The van der Waals surface area contributed by atoms with E-state index in [1.54, 1.807) is 27.8 Å². The first-order valence-corrected chi connectivity index (χ1v) is 10.4. The number of aromatic nitrogens is 4. The molecule has 0 radical (unpaired) electrons. The first kappa shape index (κ1) is 21.3. The molecule has 0 aliphatic carbocycles. The zero-order valence-corrected chi connectivity index (χ0v) is 17.2. The fourth-order valence-electron chi connectivity index (χ4n) is 3.87. The summed E-state index contributed by atoms with van der Waals surface area (Å²) in [6.45, 7) is 2.78. The monoisotopic (exact) mass is 429 g/mol. The highest BCUT2D eigenvalue weighted by Crippen LogP contribution is 2.26. The molecule has 3 aromatic rings. The van der Waals surface area contributed by atoms with Gasteiger partial charge in [0.05, 0.1) is 25.5 Å².